The quantitative estimate of drug-likeness (QED) is 0.256. The lowest BCUT2D eigenvalue weighted by atomic mass is 9.95. The van der Waals surface area contributed by atoms with Gasteiger partial charge in [-0.25, -0.2) is 0 Å². The number of carbonyl (C=O) groups excluding carboxylic acids is 3. The smallest absolute Gasteiger partial charge is 0.253 e. The van der Waals surface area contributed by atoms with Crippen molar-refractivity contribution in [3.05, 3.63) is 102 Å². The second kappa shape index (κ2) is 14.7. The van der Waals surface area contributed by atoms with E-state index in [1.54, 1.807) is 36.4 Å². The zero-order valence-corrected chi connectivity index (χ0v) is 22.7. The number of aromatic hydroxyl groups is 1. The van der Waals surface area contributed by atoms with Crippen LogP contribution in [0.1, 0.15) is 59.4 Å². The van der Waals surface area contributed by atoms with Crippen molar-refractivity contribution >= 4 is 23.4 Å². The molecule has 7 nitrogen and oxygen atoms in total. The summed E-state index contributed by atoms with van der Waals surface area (Å²) in [6.45, 7) is 9.44. The molecule has 1 radical (unpaired) electrons. The molecule has 0 saturated heterocycles. The molecule has 3 rings (SSSR count). The Hall–Kier alpha value is -4.13. The normalized spacial score (nSPS) is 12.3. The van der Waals surface area contributed by atoms with Gasteiger partial charge in [0.05, 0.1) is 0 Å². The fraction of sp³-hybridized carbons (Fsp3) is 0.312. The lowest BCUT2D eigenvalue weighted by molar-refractivity contribution is -0.119. The zero-order valence-electron chi connectivity index (χ0n) is 22.7. The van der Waals surface area contributed by atoms with Gasteiger partial charge in [-0.2, -0.15) is 0 Å². The van der Waals surface area contributed by atoms with E-state index in [-0.39, 0.29) is 29.5 Å². The maximum absolute atomic E-state index is 13.3. The number of rotatable bonds is 13. The summed E-state index contributed by atoms with van der Waals surface area (Å²) >= 11 is 0. The van der Waals surface area contributed by atoms with E-state index in [1.807, 2.05) is 49.1 Å². The summed E-state index contributed by atoms with van der Waals surface area (Å²) in [4.78, 5) is 41.1. The summed E-state index contributed by atoms with van der Waals surface area (Å²) in [5.74, 6) is -1.21. The number of anilines is 1. The van der Waals surface area contributed by atoms with Crippen LogP contribution in [0.25, 0.3) is 0 Å². The van der Waals surface area contributed by atoms with Crippen molar-refractivity contribution in [3.8, 4) is 5.75 Å². The number of benzene rings is 3. The van der Waals surface area contributed by atoms with Crippen LogP contribution in [-0.2, 0) is 11.2 Å². The first kappa shape index (κ1) is 29.4. The average Bonchev–Trinajstić information content (AvgIpc) is 2.94. The third kappa shape index (κ3) is 8.99. The van der Waals surface area contributed by atoms with Crippen LogP contribution in [0.3, 0.4) is 0 Å². The van der Waals surface area contributed by atoms with E-state index in [1.165, 1.54) is 12.1 Å². The maximum Gasteiger partial charge on any atom is 0.253 e. The van der Waals surface area contributed by atoms with Gasteiger partial charge in [0.15, 0.2) is 0 Å². The zero-order chi connectivity index (χ0) is 28.2. The Bertz CT molecular complexity index is 1220. The second-order valence-corrected chi connectivity index (χ2v) is 9.70. The van der Waals surface area contributed by atoms with Crippen LogP contribution in [0.5, 0.6) is 5.75 Å². The Kier molecular flexibility index (Phi) is 11.1. The van der Waals surface area contributed by atoms with Gasteiger partial charge in [0, 0.05) is 41.9 Å². The summed E-state index contributed by atoms with van der Waals surface area (Å²) in [5.41, 5.74) is 2.44. The highest BCUT2D eigenvalue weighted by molar-refractivity contribution is 6.00. The molecule has 0 fully saturated rings. The summed E-state index contributed by atoms with van der Waals surface area (Å²) in [5, 5.41) is 15.3. The van der Waals surface area contributed by atoms with E-state index in [9.17, 15) is 19.5 Å². The number of amides is 3. The van der Waals surface area contributed by atoms with Gasteiger partial charge in [0.2, 0.25) is 5.91 Å². The molecule has 0 aliphatic carbocycles. The SMILES string of the molecule is [CH2]C(C[C@H](Cc1ccccc1)NC(=O)c1cccc(C(=O)N(CCC)CCC)c1)C(=O)Nc1ccc(O)cc1. The molecule has 3 aromatic rings. The van der Waals surface area contributed by atoms with Gasteiger partial charge in [-0.15, -0.1) is 0 Å². The fourth-order valence-corrected chi connectivity index (χ4v) is 4.43. The van der Waals surface area contributed by atoms with Gasteiger partial charge < -0.3 is 20.6 Å². The highest BCUT2D eigenvalue weighted by Gasteiger charge is 2.23. The minimum Gasteiger partial charge on any atom is -0.508 e. The third-order valence-corrected chi connectivity index (χ3v) is 6.38. The van der Waals surface area contributed by atoms with Crippen molar-refractivity contribution in [1.29, 1.82) is 0 Å². The van der Waals surface area contributed by atoms with Crippen LogP contribution in [0.4, 0.5) is 5.69 Å². The lowest BCUT2D eigenvalue weighted by Crippen LogP contribution is -2.39. The Morgan fingerprint density at radius 2 is 1.51 bits per heavy atom. The molecule has 39 heavy (non-hydrogen) atoms. The summed E-state index contributed by atoms with van der Waals surface area (Å²) in [7, 11) is 0. The van der Waals surface area contributed by atoms with E-state index in [0.717, 1.165) is 18.4 Å². The molecule has 3 aromatic carbocycles. The summed E-state index contributed by atoms with van der Waals surface area (Å²) < 4.78 is 0. The fourth-order valence-electron chi connectivity index (χ4n) is 4.43. The molecule has 0 bridgehead atoms. The first-order valence-corrected chi connectivity index (χ1v) is 13.5. The summed E-state index contributed by atoms with van der Waals surface area (Å²) in [6, 6.07) is 22.4. The molecule has 7 heteroatoms. The molecular weight excluding hydrogens is 490 g/mol. The second-order valence-electron chi connectivity index (χ2n) is 9.70. The Morgan fingerprint density at radius 3 is 2.15 bits per heavy atom. The van der Waals surface area contributed by atoms with Crippen LogP contribution in [-0.4, -0.2) is 46.9 Å². The molecule has 2 atom stereocenters. The number of hydrogen-bond acceptors (Lipinski definition) is 4. The average molecular weight is 529 g/mol. The molecule has 0 heterocycles. The lowest BCUT2D eigenvalue weighted by Gasteiger charge is -2.23. The molecule has 0 aliphatic heterocycles. The van der Waals surface area contributed by atoms with E-state index in [4.69, 9.17) is 0 Å². The van der Waals surface area contributed by atoms with Crippen LogP contribution >= 0.6 is 0 Å². The molecule has 3 amide bonds. The van der Waals surface area contributed by atoms with Crippen LogP contribution in [0.15, 0.2) is 78.9 Å². The number of carbonyl (C=O) groups is 3. The molecule has 0 saturated carbocycles. The van der Waals surface area contributed by atoms with Crippen molar-refractivity contribution in [2.75, 3.05) is 18.4 Å². The number of hydrogen-bond donors (Lipinski definition) is 3. The highest BCUT2D eigenvalue weighted by Crippen LogP contribution is 2.18. The number of phenolic OH excluding ortho intramolecular Hbond substituents is 1. The largest absolute Gasteiger partial charge is 0.508 e. The van der Waals surface area contributed by atoms with E-state index < -0.39 is 5.92 Å². The molecule has 0 aliphatic rings. The van der Waals surface area contributed by atoms with Crippen molar-refractivity contribution < 1.29 is 19.5 Å². The Balaban J connectivity index is 1.74. The Morgan fingerprint density at radius 1 is 0.872 bits per heavy atom. The van der Waals surface area contributed by atoms with Crippen LogP contribution in [0, 0.1) is 12.8 Å². The maximum atomic E-state index is 13.3. The van der Waals surface area contributed by atoms with Gasteiger partial charge in [0.1, 0.15) is 5.75 Å². The minimum atomic E-state index is -0.641. The summed E-state index contributed by atoms with van der Waals surface area (Å²) in [6.07, 6.45) is 2.55. The predicted molar refractivity (Wildman–Crippen MR) is 155 cm³/mol. The van der Waals surface area contributed by atoms with E-state index >= 15 is 0 Å². The predicted octanol–water partition coefficient (Wildman–Crippen LogP) is 5.47. The third-order valence-electron chi connectivity index (χ3n) is 6.38. The van der Waals surface area contributed by atoms with Crippen molar-refractivity contribution in [3.63, 3.8) is 0 Å². The first-order valence-electron chi connectivity index (χ1n) is 13.5. The Labute approximate surface area is 231 Å². The number of phenols is 1. The highest BCUT2D eigenvalue weighted by atomic mass is 16.3. The molecule has 1 unspecified atom stereocenters. The number of nitrogens with zero attached hydrogens (tertiary/aromatic N) is 1. The van der Waals surface area contributed by atoms with Crippen molar-refractivity contribution in [2.45, 2.75) is 45.6 Å². The van der Waals surface area contributed by atoms with Gasteiger partial charge in [0.25, 0.3) is 11.8 Å². The minimum absolute atomic E-state index is 0.0853. The van der Waals surface area contributed by atoms with Crippen molar-refractivity contribution in [1.82, 2.24) is 10.2 Å². The molecule has 0 spiro atoms. The molecule has 205 valence electrons. The first-order chi connectivity index (χ1) is 18.8. The van der Waals surface area contributed by atoms with Crippen molar-refractivity contribution in [2.24, 2.45) is 5.92 Å². The van der Waals surface area contributed by atoms with E-state index in [2.05, 4.69) is 17.6 Å². The molecule has 3 N–H and O–H groups in total. The standard InChI is InChI=1S/C32H38N3O4/c1-4-18-35(19-5-2)32(39)26-13-9-12-25(22-26)31(38)34-28(21-24-10-7-6-8-11-24)20-23(3)30(37)33-27-14-16-29(36)17-15-27/h6-17,22-23,28,36H,3-5,18-21H2,1-2H3,(H,33,37)(H,34,38)/t23?,28-/m1/s1. The van der Waals surface area contributed by atoms with Gasteiger partial charge in [-0.1, -0.05) is 50.2 Å². The van der Waals surface area contributed by atoms with Crippen LogP contribution in [0.2, 0.25) is 0 Å². The number of nitrogens with one attached hydrogen (secondary N) is 2. The molecular formula is C32H38N3O4. The van der Waals surface area contributed by atoms with Gasteiger partial charge >= 0.3 is 0 Å². The monoisotopic (exact) mass is 528 g/mol. The van der Waals surface area contributed by atoms with E-state index in [0.29, 0.717) is 42.7 Å². The van der Waals surface area contributed by atoms with Gasteiger partial charge in [-0.05, 0) is 80.6 Å². The van der Waals surface area contributed by atoms with Gasteiger partial charge in [-0.3, -0.25) is 14.4 Å². The topological polar surface area (TPSA) is 98.7 Å². The molecule has 0 aromatic heterocycles. The van der Waals surface area contributed by atoms with Crippen LogP contribution < -0.4 is 10.6 Å².